The lowest BCUT2D eigenvalue weighted by atomic mass is 10.0. The van der Waals surface area contributed by atoms with Gasteiger partial charge in [-0.15, -0.1) is 11.3 Å². The number of nitrogens with zero attached hydrogens (tertiary/aromatic N) is 3. The van der Waals surface area contributed by atoms with Gasteiger partial charge in [-0.25, -0.2) is 4.79 Å². The number of piperidine rings is 1. The number of likely N-dealkylation sites (tertiary alicyclic amines) is 1. The van der Waals surface area contributed by atoms with Gasteiger partial charge in [0.05, 0.1) is 24.1 Å². The molecule has 1 aromatic carbocycles. The van der Waals surface area contributed by atoms with Crippen molar-refractivity contribution < 1.29 is 4.79 Å². The lowest BCUT2D eigenvalue weighted by molar-refractivity contribution is 0.0897. The molecule has 1 aliphatic heterocycles. The zero-order valence-corrected chi connectivity index (χ0v) is 19.3. The molecule has 32 heavy (non-hydrogen) atoms. The fourth-order valence-corrected chi connectivity index (χ4v) is 5.64. The summed E-state index contributed by atoms with van der Waals surface area (Å²) in [6, 6.07) is 14.2. The van der Waals surface area contributed by atoms with Crippen molar-refractivity contribution in [3.63, 3.8) is 0 Å². The Morgan fingerprint density at radius 2 is 1.91 bits per heavy atom. The van der Waals surface area contributed by atoms with Crippen LogP contribution in [0.15, 0.2) is 52.6 Å². The molecule has 166 valence electrons. The van der Waals surface area contributed by atoms with Crippen molar-refractivity contribution in [3.05, 3.63) is 80.2 Å². The molecule has 6 nitrogen and oxygen atoms in total. The molecule has 0 amide bonds. The summed E-state index contributed by atoms with van der Waals surface area (Å²) in [7, 11) is 0. The van der Waals surface area contributed by atoms with E-state index in [1.165, 1.54) is 4.88 Å². The van der Waals surface area contributed by atoms with Crippen LogP contribution in [0.1, 0.15) is 45.5 Å². The smallest absolute Gasteiger partial charge is 0.326 e. The second-order valence-corrected chi connectivity index (χ2v) is 9.73. The number of benzene rings is 1. The van der Waals surface area contributed by atoms with Crippen molar-refractivity contribution in [3.8, 4) is 0 Å². The molecule has 0 radical (unpaired) electrons. The molecule has 1 aliphatic rings. The molecule has 1 saturated heterocycles. The van der Waals surface area contributed by atoms with Crippen molar-refractivity contribution in [1.29, 1.82) is 0 Å². The average Bonchev–Trinajstić information content (AvgIpc) is 3.48. The topological polar surface area (TPSA) is 63.0 Å². The zero-order chi connectivity index (χ0) is 22.2. The van der Waals surface area contributed by atoms with Gasteiger partial charge in [0.2, 0.25) is 0 Å². The van der Waals surface area contributed by atoms with Gasteiger partial charge in [0.15, 0.2) is 5.78 Å². The minimum atomic E-state index is -0.0427. The number of ketones is 1. The van der Waals surface area contributed by atoms with Crippen LogP contribution in [0.2, 0.25) is 0 Å². The predicted octanol–water partition coefficient (Wildman–Crippen LogP) is 4.38. The van der Waals surface area contributed by atoms with E-state index < -0.39 is 0 Å². The number of carbonyl (C=O) groups is 1. The van der Waals surface area contributed by atoms with Crippen molar-refractivity contribution in [2.24, 2.45) is 0 Å². The molecule has 4 heterocycles. The number of thiophene rings is 1. The maximum atomic E-state index is 13.1. The van der Waals surface area contributed by atoms with Crippen LogP contribution in [0, 0.1) is 13.8 Å². The minimum absolute atomic E-state index is 0.0427. The van der Waals surface area contributed by atoms with E-state index in [0.717, 1.165) is 60.5 Å². The fourth-order valence-electron chi connectivity index (χ4n) is 4.95. The Balaban J connectivity index is 1.25. The van der Waals surface area contributed by atoms with Gasteiger partial charge in [0, 0.05) is 41.0 Å². The van der Waals surface area contributed by atoms with E-state index in [4.69, 9.17) is 0 Å². The number of aryl methyl sites for hydroxylation is 1. The van der Waals surface area contributed by atoms with Crippen molar-refractivity contribution in [2.45, 2.75) is 39.3 Å². The number of rotatable bonds is 6. The van der Waals surface area contributed by atoms with Crippen molar-refractivity contribution in [1.82, 2.24) is 19.0 Å². The molecule has 0 saturated carbocycles. The zero-order valence-electron chi connectivity index (χ0n) is 18.5. The fraction of sp³-hybridized carbons (Fsp3) is 0.360. The number of hydrogen-bond acceptors (Lipinski definition) is 4. The number of para-hydroxylation sites is 2. The summed E-state index contributed by atoms with van der Waals surface area (Å²) in [6.45, 7) is 6.99. The van der Waals surface area contributed by atoms with Gasteiger partial charge in [-0.2, -0.15) is 0 Å². The minimum Gasteiger partial charge on any atom is -0.343 e. The number of fused-ring (bicyclic) bond motifs is 1. The molecule has 5 rings (SSSR count). The van der Waals surface area contributed by atoms with Gasteiger partial charge < -0.3 is 9.55 Å². The molecule has 0 unspecified atom stereocenters. The highest BCUT2D eigenvalue weighted by molar-refractivity contribution is 7.09. The Hall–Kier alpha value is -2.90. The maximum Gasteiger partial charge on any atom is 0.326 e. The van der Waals surface area contributed by atoms with E-state index in [1.54, 1.807) is 11.3 Å². The number of H-pyrrole nitrogens is 1. The molecule has 3 aromatic heterocycles. The Bertz CT molecular complexity index is 1300. The third kappa shape index (κ3) is 3.87. The maximum absolute atomic E-state index is 13.1. The monoisotopic (exact) mass is 448 g/mol. The molecular weight excluding hydrogens is 420 g/mol. The van der Waals surface area contributed by atoms with Gasteiger partial charge in [-0.1, -0.05) is 18.2 Å². The van der Waals surface area contributed by atoms with Crippen molar-refractivity contribution in [2.75, 3.05) is 19.6 Å². The Labute approximate surface area is 191 Å². The third-order valence-electron chi connectivity index (χ3n) is 6.68. The first-order chi connectivity index (χ1) is 15.5. The van der Waals surface area contributed by atoms with Gasteiger partial charge in [0.25, 0.3) is 0 Å². The first-order valence-corrected chi connectivity index (χ1v) is 12.0. The van der Waals surface area contributed by atoms with Gasteiger partial charge in [-0.05, 0) is 56.3 Å². The summed E-state index contributed by atoms with van der Waals surface area (Å²) >= 11 is 1.74. The summed E-state index contributed by atoms with van der Waals surface area (Å²) in [5.74, 6) is 0.179. The SMILES string of the molecule is Cc1cc(C(=O)CN2CCC(n3c(=O)[nH]c4ccccc43)CC2)c(C)n1Cc1cccs1. The first kappa shape index (κ1) is 21.0. The largest absolute Gasteiger partial charge is 0.343 e. The Morgan fingerprint density at radius 3 is 2.66 bits per heavy atom. The highest BCUT2D eigenvalue weighted by Gasteiger charge is 2.26. The predicted molar refractivity (Wildman–Crippen MR) is 129 cm³/mol. The van der Waals surface area contributed by atoms with Crippen LogP contribution >= 0.6 is 11.3 Å². The third-order valence-corrected chi connectivity index (χ3v) is 7.54. The van der Waals surface area contributed by atoms with Crippen LogP contribution in [0.5, 0.6) is 0 Å². The molecule has 4 aromatic rings. The summed E-state index contributed by atoms with van der Waals surface area (Å²) in [5, 5.41) is 2.09. The average molecular weight is 449 g/mol. The van der Waals surface area contributed by atoms with Crippen molar-refractivity contribution >= 4 is 28.2 Å². The lowest BCUT2D eigenvalue weighted by Crippen LogP contribution is -2.39. The van der Waals surface area contributed by atoms with E-state index >= 15 is 0 Å². The number of hydrogen-bond donors (Lipinski definition) is 1. The molecule has 1 N–H and O–H groups in total. The molecule has 1 fully saturated rings. The number of imidazole rings is 1. The van der Waals surface area contributed by atoms with Gasteiger partial charge in [0.1, 0.15) is 0 Å². The van der Waals surface area contributed by atoms with Crippen LogP contribution in [0.3, 0.4) is 0 Å². The van der Waals surface area contributed by atoms with Crippen LogP contribution in [0.4, 0.5) is 0 Å². The van der Waals surface area contributed by atoms with E-state index in [1.807, 2.05) is 41.8 Å². The van der Waals surface area contributed by atoms with Crippen LogP contribution < -0.4 is 5.69 Å². The van der Waals surface area contributed by atoms with E-state index in [0.29, 0.717) is 6.54 Å². The molecule has 0 spiro atoms. The number of aromatic amines is 1. The summed E-state index contributed by atoms with van der Waals surface area (Å²) < 4.78 is 4.13. The van der Waals surface area contributed by atoms with Gasteiger partial charge in [-0.3, -0.25) is 14.3 Å². The quantitative estimate of drug-likeness (QED) is 0.445. The highest BCUT2D eigenvalue weighted by Crippen LogP contribution is 2.26. The van der Waals surface area contributed by atoms with Crippen LogP contribution in [-0.2, 0) is 6.54 Å². The normalized spacial score (nSPS) is 15.6. The standard InChI is InChI=1S/C25H28N4O2S/c1-17-14-21(18(2)28(17)15-20-6-5-13-32-20)24(30)16-27-11-9-19(10-12-27)29-23-8-4-3-7-22(23)26-25(29)31/h3-8,13-14,19H,9-12,15-16H2,1-2H3,(H,26,31). The summed E-state index contributed by atoms with van der Waals surface area (Å²) in [5.41, 5.74) is 4.80. The second-order valence-electron chi connectivity index (χ2n) is 8.70. The molecular formula is C25H28N4O2S. The highest BCUT2D eigenvalue weighted by atomic mass is 32.1. The number of carbonyl (C=O) groups excluding carboxylic acids is 1. The van der Waals surface area contributed by atoms with E-state index in [2.05, 4.69) is 38.9 Å². The van der Waals surface area contributed by atoms with Crippen LogP contribution in [-0.4, -0.2) is 44.4 Å². The first-order valence-electron chi connectivity index (χ1n) is 11.1. The second kappa shape index (κ2) is 8.56. The Morgan fingerprint density at radius 1 is 1.12 bits per heavy atom. The van der Waals surface area contributed by atoms with E-state index in [-0.39, 0.29) is 17.5 Å². The number of Topliss-reactive ketones (excluding diaryl/α,β-unsaturated/α-hetero) is 1. The number of nitrogens with one attached hydrogen (secondary N) is 1. The summed E-state index contributed by atoms with van der Waals surface area (Å²) in [6.07, 6.45) is 1.73. The Kier molecular flexibility index (Phi) is 5.61. The molecule has 7 heteroatoms. The van der Waals surface area contributed by atoms with Crippen LogP contribution in [0.25, 0.3) is 11.0 Å². The number of aromatic nitrogens is 3. The lowest BCUT2D eigenvalue weighted by Gasteiger charge is -2.32. The molecule has 0 bridgehead atoms. The van der Waals surface area contributed by atoms with Gasteiger partial charge >= 0.3 is 5.69 Å². The molecule has 0 aliphatic carbocycles. The summed E-state index contributed by atoms with van der Waals surface area (Å²) in [4.78, 5) is 32.1. The molecule has 0 atom stereocenters. The van der Waals surface area contributed by atoms with E-state index in [9.17, 15) is 9.59 Å².